The van der Waals surface area contributed by atoms with Gasteiger partial charge in [0.05, 0.1) is 36.9 Å². The molecule has 0 fully saturated rings. The quantitative estimate of drug-likeness (QED) is 0.252. The summed E-state index contributed by atoms with van der Waals surface area (Å²) in [5.41, 5.74) is -0.814. The molecule has 1 heterocycles. The fourth-order valence-corrected chi connectivity index (χ4v) is 3.68. The molecule has 8 nitrogen and oxygen atoms in total. The van der Waals surface area contributed by atoms with Crippen molar-refractivity contribution >= 4 is 23.1 Å². The van der Waals surface area contributed by atoms with Crippen LogP contribution >= 0.6 is 0 Å². The molecule has 0 N–H and O–H groups in total. The van der Waals surface area contributed by atoms with Gasteiger partial charge in [-0.15, -0.1) is 0 Å². The number of carbonyl (C=O) groups excluding carboxylic acids is 1. The van der Waals surface area contributed by atoms with Crippen molar-refractivity contribution in [3.8, 4) is 22.9 Å². The highest BCUT2D eigenvalue weighted by Gasteiger charge is 2.31. The second kappa shape index (κ2) is 10.8. The van der Waals surface area contributed by atoms with Crippen LogP contribution in [0.2, 0.25) is 0 Å². The van der Waals surface area contributed by atoms with Crippen LogP contribution in [-0.4, -0.2) is 42.2 Å². The number of aromatic nitrogens is 2. The van der Waals surface area contributed by atoms with E-state index in [1.807, 2.05) is 0 Å². The summed E-state index contributed by atoms with van der Waals surface area (Å²) in [5.74, 6) is -0.282. The summed E-state index contributed by atoms with van der Waals surface area (Å²) in [6, 6.07) is 15.8. The molecule has 196 valence electrons. The van der Waals surface area contributed by atoms with Crippen molar-refractivity contribution < 1.29 is 32.2 Å². The van der Waals surface area contributed by atoms with Crippen molar-refractivity contribution in [1.82, 2.24) is 9.66 Å². The normalized spacial score (nSPS) is 12.5. The summed E-state index contributed by atoms with van der Waals surface area (Å²) < 4.78 is 57.0. The molecule has 0 radical (unpaired) electrons. The molecule has 0 amide bonds. The second-order valence-corrected chi connectivity index (χ2v) is 8.05. The van der Waals surface area contributed by atoms with E-state index in [0.717, 1.165) is 16.8 Å². The van der Waals surface area contributed by atoms with Gasteiger partial charge < -0.3 is 14.2 Å². The minimum Gasteiger partial charge on any atom is -0.493 e. The highest BCUT2D eigenvalue weighted by molar-refractivity contribution is 5.86. The summed E-state index contributed by atoms with van der Waals surface area (Å²) in [5, 5.41) is 4.51. The molecule has 3 aromatic carbocycles. The lowest BCUT2D eigenvalue weighted by atomic mass is 10.1. The lowest BCUT2D eigenvalue weighted by Gasteiger charge is -2.17. The molecule has 0 bridgehead atoms. The van der Waals surface area contributed by atoms with Crippen molar-refractivity contribution in [1.29, 1.82) is 0 Å². The molecule has 0 spiro atoms. The average molecular weight is 525 g/mol. The number of benzene rings is 3. The van der Waals surface area contributed by atoms with Gasteiger partial charge in [0, 0.05) is 11.1 Å². The monoisotopic (exact) mass is 525 g/mol. The van der Waals surface area contributed by atoms with Gasteiger partial charge in [0.2, 0.25) is 0 Å². The summed E-state index contributed by atoms with van der Waals surface area (Å²) in [6.45, 7) is 1.49. The van der Waals surface area contributed by atoms with Gasteiger partial charge in [-0.1, -0.05) is 30.3 Å². The third-order valence-corrected chi connectivity index (χ3v) is 5.57. The topological polar surface area (TPSA) is 92.0 Å². The van der Waals surface area contributed by atoms with Crippen molar-refractivity contribution in [2.75, 3.05) is 14.2 Å². The van der Waals surface area contributed by atoms with Gasteiger partial charge in [0.25, 0.3) is 5.56 Å². The van der Waals surface area contributed by atoms with Crippen LogP contribution in [0.5, 0.6) is 11.5 Å². The first-order chi connectivity index (χ1) is 18.1. The van der Waals surface area contributed by atoms with E-state index in [-0.39, 0.29) is 28.3 Å². The van der Waals surface area contributed by atoms with Crippen LogP contribution < -0.4 is 15.0 Å². The van der Waals surface area contributed by atoms with Crippen LogP contribution in [0.1, 0.15) is 18.1 Å². The zero-order valence-corrected chi connectivity index (χ0v) is 20.5. The Labute approximate surface area is 214 Å². The van der Waals surface area contributed by atoms with E-state index in [2.05, 4.69) is 10.1 Å². The maximum Gasteiger partial charge on any atom is 0.416 e. The van der Waals surface area contributed by atoms with Gasteiger partial charge in [0.15, 0.2) is 23.4 Å². The lowest BCUT2D eigenvalue weighted by molar-refractivity contribution is -0.148. The predicted octanol–water partition coefficient (Wildman–Crippen LogP) is 4.91. The molecule has 0 aliphatic rings. The van der Waals surface area contributed by atoms with Crippen molar-refractivity contribution in [3.63, 3.8) is 0 Å². The fourth-order valence-electron chi connectivity index (χ4n) is 3.68. The van der Waals surface area contributed by atoms with Gasteiger partial charge in [-0.3, -0.25) is 4.79 Å². The van der Waals surface area contributed by atoms with E-state index in [1.165, 1.54) is 39.5 Å². The van der Waals surface area contributed by atoms with E-state index in [4.69, 9.17) is 14.2 Å². The number of para-hydroxylation sites is 2. The largest absolute Gasteiger partial charge is 0.493 e. The molecule has 1 aromatic heterocycles. The number of alkyl halides is 3. The zero-order chi connectivity index (χ0) is 27.4. The van der Waals surface area contributed by atoms with Gasteiger partial charge >= 0.3 is 12.1 Å². The highest BCUT2D eigenvalue weighted by atomic mass is 19.4. The summed E-state index contributed by atoms with van der Waals surface area (Å²) in [6.07, 6.45) is -4.31. The van der Waals surface area contributed by atoms with E-state index < -0.39 is 29.4 Å². The Balaban J connectivity index is 1.89. The molecule has 0 aliphatic carbocycles. The SMILES string of the molecule is COC(=O)[C@H](C)Oc1c(C=Nn2c(-c3cccc(C(F)(F)F)c3)nc3ccccc3c2=O)cccc1OC. The van der Waals surface area contributed by atoms with Gasteiger partial charge in [-0.25, -0.2) is 9.78 Å². The van der Waals surface area contributed by atoms with E-state index in [0.29, 0.717) is 11.1 Å². The number of rotatable bonds is 7. The molecule has 38 heavy (non-hydrogen) atoms. The van der Waals surface area contributed by atoms with E-state index >= 15 is 0 Å². The standard InChI is InChI=1S/C27H22F3N3O5/c1-16(26(35)37-3)38-23-18(9-7-13-22(23)36-2)15-31-33-24(17-8-6-10-19(14-17)27(28,29)30)32-21-12-5-4-11-20(21)25(33)34/h4-16H,1-3H3/t16-/m0/s1. The number of carbonyl (C=O) groups is 1. The van der Waals surface area contributed by atoms with Gasteiger partial charge in [-0.05, 0) is 43.3 Å². The molecule has 11 heteroatoms. The summed E-state index contributed by atoms with van der Waals surface area (Å²) in [7, 11) is 2.64. The van der Waals surface area contributed by atoms with Crippen LogP contribution in [0, 0.1) is 0 Å². The van der Waals surface area contributed by atoms with Crippen molar-refractivity contribution in [2.24, 2.45) is 5.10 Å². The Morgan fingerprint density at radius 3 is 2.50 bits per heavy atom. The predicted molar refractivity (Wildman–Crippen MR) is 135 cm³/mol. The number of ether oxygens (including phenoxy) is 3. The molecule has 4 rings (SSSR count). The van der Waals surface area contributed by atoms with Crippen LogP contribution in [0.3, 0.4) is 0 Å². The molecule has 0 aliphatic heterocycles. The Morgan fingerprint density at radius 1 is 1.05 bits per heavy atom. The molecular weight excluding hydrogens is 503 g/mol. The number of fused-ring (bicyclic) bond motifs is 1. The summed E-state index contributed by atoms with van der Waals surface area (Å²) >= 11 is 0. The molecule has 1 atom stereocenters. The van der Waals surface area contributed by atoms with Gasteiger partial charge in [0.1, 0.15) is 0 Å². The number of halogens is 3. The fraction of sp³-hybridized carbons (Fsp3) is 0.185. The average Bonchev–Trinajstić information content (AvgIpc) is 2.92. The number of esters is 1. The Bertz CT molecular complexity index is 1580. The van der Waals surface area contributed by atoms with Crippen molar-refractivity contribution in [2.45, 2.75) is 19.2 Å². The first-order valence-corrected chi connectivity index (χ1v) is 11.3. The highest BCUT2D eigenvalue weighted by Crippen LogP contribution is 2.33. The molecule has 4 aromatic rings. The molecule has 0 unspecified atom stereocenters. The van der Waals surface area contributed by atoms with Crippen LogP contribution in [0.15, 0.2) is 76.6 Å². The smallest absolute Gasteiger partial charge is 0.416 e. The van der Waals surface area contributed by atoms with Crippen LogP contribution in [0.4, 0.5) is 13.2 Å². The number of hydrogen-bond donors (Lipinski definition) is 0. The minimum atomic E-state index is -4.59. The van der Waals surface area contributed by atoms with Gasteiger partial charge in [-0.2, -0.15) is 22.9 Å². The van der Waals surface area contributed by atoms with E-state index in [1.54, 1.807) is 42.5 Å². The number of methoxy groups -OCH3 is 2. The molecule has 0 saturated heterocycles. The zero-order valence-electron chi connectivity index (χ0n) is 20.5. The maximum atomic E-state index is 13.4. The lowest BCUT2D eigenvalue weighted by Crippen LogP contribution is -2.25. The third-order valence-electron chi connectivity index (χ3n) is 5.57. The Hall–Kier alpha value is -4.67. The Kier molecular flexibility index (Phi) is 7.47. The first-order valence-electron chi connectivity index (χ1n) is 11.3. The summed E-state index contributed by atoms with van der Waals surface area (Å²) in [4.78, 5) is 29.8. The first kappa shape index (κ1) is 26.4. The third kappa shape index (κ3) is 5.36. The number of hydrogen-bond acceptors (Lipinski definition) is 7. The van der Waals surface area contributed by atoms with Crippen molar-refractivity contribution in [3.05, 3.63) is 88.2 Å². The minimum absolute atomic E-state index is 0.0428. The second-order valence-electron chi connectivity index (χ2n) is 8.05. The maximum absolute atomic E-state index is 13.4. The number of nitrogens with zero attached hydrogens (tertiary/aromatic N) is 3. The Morgan fingerprint density at radius 2 is 1.79 bits per heavy atom. The van der Waals surface area contributed by atoms with Crippen LogP contribution in [-0.2, 0) is 15.7 Å². The van der Waals surface area contributed by atoms with E-state index in [9.17, 15) is 22.8 Å². The molecule has 0 saturated carbocycles. The van der Waals surface area contributed by atoms with Crippen LogP contribution in [0.25, 0.3) is 22.3 Å². The molecular formula is C27H22F3N3O5.